The van der Waals surface area contributed by atoms with E-state index in [0.29, 0.717) is 12.3 Å². The molecule has 1 unspecified atom stereocenters. The molecule has 0 aromatic carbocycles. The first-order valence-corrected chi connectivity index (χ1v) is 5.38. The van der Waals surface area contributed by atoms with E-state index in [2.05, 4.69) is 5.32 Å². The summed E-state index contributed by atoms with van der Waals surface area (Å²) in [7, 11) is 0. The van der Waals surface area contributed by atoms with Crippen molar-refractivity contribution in [2.75, 3.05) is 0 Å². The number of nitriles is 1. The van der Waals surface area contributed by atoms with Crippen LogP contribution in [0.5, 0.6) is 0 Å². The van der Waals surface area contributed by atoms with Crippen LogP contribution in [-0.4, -0.2) is 17.3 Å². The van der Waals surface area contributed by atoms with Crippen LogP contribution in [0.15, 0.2) is 0 Å². The first-order chi connectivity index (χ1) is 6.63. The van der Waals surface area contributed by atoms with E-state index in [9.17, 15) is 4.79 Å². The number of nitrogens with zero attached hydrogens (tertiary/aromatic N) is 1. The quantitative estimate of drug-likeness (QED) is 0.729. The Balaban J connectivity index is 2.43. The molecule has 0 radical (unpaired) electrons. The lowest BCUT2D eigenvalue weighted by Crippen LogP contribution is -2.36. The van der Waals surface area contributed by atoms with Crippen LogP contribution in [0, 0.1) is 17.2 Å². The number of hydrogen-bond donors (Lipinski definition) is 1. The molecule has 1 saturated carbocycles. The zero-order valence-corrected chi connectivity index (χ0v) is 9.05. The number of carbonyl (C=O) groups excluding carboxylic acids is 1. The van der Waals surface area contributed by atoms with Crippen molar-refractivity contribution in [3.63, 3.8) is 0 Å². The van der Waals surface area contributed by atoms with Gasteiger partial charge in [-0.1, -0.05) is 6.42 Å². The summed E-state index contributed by atoms with van der Waals surface area (Å²) in [6.07, 6.45) is 3.88. The zero-order chi connectivity index (χ0) is 10.6. The van der Waals surface area contributed by atoms with E-state index >= 15 is 0 Å². The van der Waals surface area contributed by atoms with Crippen LogP contribution in [-0.2, 0) is 4.79 Å². The summed E-state index contributed by atoms with van der Waals surface area (Å²) in [6, 6.07) is 2.24. The van der Waals surface area contributed by atoms with Crippen molar-refractivity contribution in [1.29, 1.82) is 5.26 Å². The maximum absolute atomic E-state index is 10.9. The molecule has 0 spiro atoms. The van der Waals surface area contributed by atoms with Crippen molar-refractivity contribution in [2.45, 2.75) is 44.0 Å². The Morgan fingerprint density at radius 2 is 2.43 bits per heavy atom. The summed E-state index contributed by atoms with van der Waals surface area (Å²) in [4.78, 5) is 10.9. The first-order valence-electron chi connectivity index (χ1n) is 4.94. The molecule has 1 aliphatic carbocycles. The van der Waals surface area contributed by atoms with Gasteiger partial charge in [-0.05, 0) is 25.2 Å². The van der Waals surface area contributed by atoms with Gasteiger partial charge in [-0.2, -0.15) is 5.26 Å². The summed E-state index contributed by atoms with van der Waals surface area (Å²) < 4.78 is 0. The summed E-state index contributed by atoms with van der Waals surface area (Å²) in [5.41, 5.74) is 0. The highest BCUT2D eigenvalue weighted by Gasteiger charge is 2.29. The molecule has 1 amide bonds. The van der Waals surface area contributed by atoms with E-state index < -0.39 is 5.38 Å². The minimum atomic E-state index is -0.422. The summed E-state index contributed by atoms with van der Waals surface area (Å²) in [5.74, 6) is 0.381. The second-order valence-corrected chi connectivity index (χ2v) is 4.36. The number of halogens is 1. The lowest BCUT2D eigenvalue weighted by Gasteiger charge is -2.20. The standard InChI is InChI=1S/C10H15ClN2O/c1-7(14)13-10-4-2-3-8(10)5-9(11)6-12/h8-10H,2-5H2,1H3,(H,13,14)/t8-,9?,10+/m1/s1. The van der Waals surface area contributed by atoms with Crippen LogP contribution in [0.25, 0.3) is 0 Å². The summed E-state index contributed by atoms with van der Waals surface area (Å²) >= 11 is 5.77. The van der Waals surface area contributed by atoms with Crippen LogP contribution >= 0.6 is 11.6 Å². The molecule has 0 bridgehead atoms. The second-order valence-electron chi connectivity index (χ2n) is 3.83. The van der Waals surface area contributed by atoms with E-state index in [0.717, 1.165) is 19.3 Å². The lowest BCUT2D eigenvalue weighted by molar-refractivity contribution is -0.119. The predicted octanol–water partition coefficient (Wildman–Crippen LogP) is 1.81. The minimum Gasteiger partial charge on any atom is -0.353 e. The van der Waals surface area contributed by atoms with Crippen molar-refractivity contribution < 1.29 is 4.79 Å². The molecule has 4 heteroatoms. The number of carbonyl (C=O) groups is 1. The average Bonchev–Trinajstić information content (AvgIpc) is 2.52. The number of amides is 1. The molecule has 14 heavy (non-hydrogen) atoms. The maximum Gasteiger partial charge on any atom is 0.217 e. The Morgan fingerprint density at radius 3 is 3.00 bits per heavy atom. The van der Waals surface area contributed by atoms with Crippen LogP contribution < -0.4 is 5.32 Å². The molecule has 1 rings (SSSR count). The van der Waals surface area contributed by atoms with Crippen molar-refractivity contribution >= 4 is 17.5 Å². The van der Waals surface area contributed by atoms with Gasteiger partial charge >= 0.3 is 0 Å². The molecule has 0 aromatic heterocycles. The lowest BCUT2D eigenvalue weighted by atomic mass is 9.98. The monoisotopic (exact) mass is 214 g/mol. The Morgan fingerprint density at radius 1 is 1.71 bits per heavy atom. The number of alkyl halides is 1. The van der Waals surface area contributed by atoms with Crippen molar-refractivity contribution in [3.05, 3.63) is 0 Å². The second kappa shape index (κ2) is 5.21. The third-order valence-electron chi connectivity index (χ3n) is 2.70. The zero-order valence-electron chi connectivity index (χ0n) is 8.29. The number of rotatable bonds is 3. The van der Waals surface area contributed by atoms with Gasteiger partial charge in [0.1, 0.15) is 5.38 Å². The normalized spacial score (nSPS) is 28.1. The average molecular weight is 215 g/mol. The fraction of sp³-hybridized carbons (Fsp3) is 0.800. The highest BCUT2D eigenvalue weighted by Crippen LogP contribution is 2.30. The summed E-state index contributed by atoms with van der Waals surface area (Å²) in [5, 5.41) is 11.1. The van der Waals surface area contributed by atoms with E-state index in [4.69, 9.17) is 16.9 Å². The first kappa shape index (κ1) is 11.3. The van der Waals surface area contributed by atoms with Gasteiger partial charge in [0.15, 0.2) is 0 Å². The van der Waals surface area contributed by atoms with Crippen LogP contribution in [0.3, 0.4) is 0 Å². The molecule has 3 nitrogen and oxygen atoms in total. The minimum absolute atomic E-state index is 0.00461. The molecule has 1 N–H and O–H groups in total. The van der Waals surface area contributed by atoms with Gasteiger partial charge in [0, 0.05) is 13.0 Å². The Bertz CT molecular complexity index is 249. The summed E-state index contributed by atoms with van der Waals surface area (Å²) in [6.45, 7) is 1.53. The fourth-order valence-electron chi connectivity index (χ4n) is 2.09. The van der Waals surface area contributed by atoms with E-state index in [-0.39, 0.29) is 11.9 Å². The van der Waals surface area contributed by atoms with E-state index in [1.54, 1.807) is 0 Å². The number of hydrogen-bond acceptors (Lipinski definition) is 2. The van der Waals surface area contributed by atoms with E-state index in [1.165, 1.54) is 6.92 Å². The van der Waals surface area contributed by atoms with Crippen LogP contribution in [0.1, 0.15) is 32.6 Å². The topological polar surface area (TPSA) is 52.9 Å². The molecule has 1 aliphatic rings. The van der Waals surface area contributed by atoms with Crippen molar-refractivity contribution in [2.24, 2.45) is 5.92 Å². The highest BCUT2D eigenvalue weighted by atomic mass is 35.5. The Labute approximate surface area is 89.4 Å². The smallest absolute Gasteiger partial charge is 0.217 e. The van der Waals surface area contributed by atoms with Gasteiger partial charge in [-0.3, -0.25) is 4.79 Å². The van der Waals surface area contributed by atoms with Gasteiger partial charge in [-0.25, -0.2) is 0 Å². The SMILES string of the molecule is CC(=O)N[C@H]1CCC[C@@H]1CC(Cl)C#N. The molecular formula is C10H15ClN2O. The Kier molecular flexibility index (Phi) is 4.21. The Hall–Kier alpha value is -0.750. The fourth-order valence-corrected chi connectivity index (χ4v) is 2.32. The van der Waals surface area contributed by atoms with Crippen molar-refractivity contribution in [1.82, 2.24) is 5.32 Å². The van der Waals surface area contributed by atoms with Crippen LogP contribution in [0.2, 0.25) is 0 Å². The molecule has 1 fully saturated rings. The molecular weight excluding hydrogens is 200 g/mol. The molecule has 0 saturated heterocycles. The van der Waals surface area contributed by atoms with Crippen LogP contribution in [0.4, 0.5) is 0 Å². The molecule has 0 aliphatic heterocycles. The third kappa shape index (κ3) is 3.19. The van der Waals surface area contributed by atoms with E-state index in [1.807, 2.05) is 6.07 Å². The number of nitrogens with one attached hydrogen (secondary N) is 1. The molecule has 0 aromatic rings. The molecule has 0 heterocycles. The molecule has 3 atom stereocenters. The van der Waals surface area contributed by atoms with Gasteiger partial charge in [0.2, 0.25) is 5.91 Å². The van der Waals surface area contributed by atoms with Gasteiger partial charge in [0.05, 0.1) is 6.07 Å². The maximum atomic E-state index is 10.9. The van der Waals surface area contributed by atoms with Gasteiger partial charge < -0.3 is 5.32 Å². The van der Waals surface area contributed by atoms with Gasteiger partial charge in [0.25, 0.3) is 0 Å². The van der Waals surface area contributed by atoms with Gasteiger partial charge in [-0.15, -0.1) is 11.6 Å². The third-order valence-corrected chi connectivity index (χ3v) is 2.97. The predicted molar refractivity (Wildman–Crippen MR) is 54.8 cm³/mol. The highest BCUT2D eigenvalue weighted by molar-refractivity contribution is 6.22. The molecule has 78 valence electrons. The van der Waals surface area contributed by atoms with Crippen molar-refractivity contribution in [3.8, 4) is 6.07 Å². The largest absolute Gasteiger partial charge is 0.353 e.